The van der Waals surface area contributed by atoms with E-state index in [2.05, 4.69) is 15.3 Å². The molecule has 0 amide bonds. The monoisotopic (exact) mass is 306 g/mol. The Kier molecular flexibility index (Phi) is 5.05. The van der Waals surface area contributed by atoms with E-state index in [1.807, 2.05) is 6.92 Å². The van der Waals surface area contributed by atoms with Gasteiger partial charge in [0, 0.05) is 25.3 Å². The second kappa shape index (κ2) is 6.99. The number of aliphatic hydroxyl groups is 1. The van der Waals surface area contributed by atoms with E-state index in [0.717, 1.165) is 6.42 Å². The molecule has 0 bridgehead atoms. The summed E-state index contributed by atoms with van der Waals surface area (Å²) in [5.41, 5.74) is -0.173. The first kappa shape index (κ1) is 15.9. The van der Waals surface area contributed by atoms with Gasteiger partial charge in [0.15, 0.2) is 0 Å². The zero-order valence-corrected chi connectivity index (χ0v) is 12.2. The van der Waals surface area contributed by atoms with Crippen LogP contribution in [0.15, 0.2) is 23.0 Å². The highest BCUT2D eigenvalue weighted by molar-refractivity contribution is 5.80. The van der Waals surface area contributed by atoms with Crippen molar-refractivity contribution in [2.24, 2.45) is 5.92 Å². The van der Waals surface area contributed by atoms with Gasteiger partial charge in [0.1, 0.15) is 0 Å². The molecule has 8 heteroatoms. The van der Waals surface area contributed by atoms with Crippen LogP contribution in [0, 0.1) is 16.0 Å². The number of non-ortho nitro benzene ring substituents is 1. The van der Waals surface area contributed by atoms with Crippen LogP contribution in [0.25, 0.3) is 10.9 Å². The topological polar surface area (TPSA) is 121 Å². The lowest BCUT2D eigenvalue weighted by Gasteiger charge is -2.14. The van der Waals surface area contributed by atoms with Crippen molar-refractivity contribution in [2.45, 2.75) is 19.8 Å². The number of hydrogen-bond acceptors (Lipinski definition) is 6. The van der Waals surface area contributed by atoms with Crippen LogP contribution in [0.1, 0.15) is 19.8 Å². The summed E-state index contributed by atoms with van der Waals surface area (Å²) in [5, 5.41) is 22.9. The van der Waals surface area contributed by atoms with Gasteiger partial charge in [-0.05, 0) is 18.4 Å². The number of aromatic amines is 1. The minimum absolute atomic E-state index is 0.117. The summed E-state index contributed by atoms with van der Waals surface area (Å²) in [6, 6.07) is 3.99. The summed E-state index contributed by atoms with van der Waals surface area (Å²) in [7, 11) is 0. The molecule has 3 N–H and O–H groups in total. The predicted molar refractivity (Wildman–Crippen MR) is 83.0 cm³/mol. The average molecular weight is 306 g/mol. The molecule has 2 aromatic rings. The summed E-state index contributed by atoms with van der Waals surface area (Å²) in [4.78, 5) is 29.0. The van der Waals surface area contributed by atoms with Crippen molar-refractivity contribution >= 4 is 22.5 Å². The molecule has 0 spiro atoms. The number of nitro groups is 1. The number of hydrogen-bond donors (Lipinski definition) is 3. The second-order valence-corrected chi connectivity index (χ2v) is 5.04. The standard InChI is InChI=1S/C14H18N4O4/c1-2-9(5-6-19)8-15-14-16-12-4-3-10(18(21)22)7-11(12)13(20)17-14/h3-4,7,9,19H,2,5-6,8H2,1H3,(H2,15,16,17,20)/t9-/m1/s1. The van der Waals surface area contributed by atoms with Crippen LogP contribution in [-0.4, -0.2) is 33.1 Å². The first-order chi connectivity index (χ1) is 10.5. The maximum Gasteiger partial charge on any atom is 0.270 e. The van der Waals surface area contributed by atoms with E-state index >= 15 is 0 Å². The van der Waals surface area contributed by atoms with Gasteiger partial charge in [-0.2, -0.15) is 0 Å². The lowest BCUT2D eigenvalue weighted by molar-refractivity contribution is -0.384. The molecule has 0 unspecified atom stereocenters. The normalized spacial score (nSPS) is 12.3. The van der Waals surface area contributed by atoms with Gasteiger partial charge >= 0.3 is 0 Å². The summed E-state index contributed by atoms with van der Waals surface area (Å²) in [5.74, 6) is 0.602. The molecule has 22 heavy (non-hydrogen) atoms. The lowest BCUT2D eigenvalue weighted by atomic mass is 10.0. The van der Waals surface area contributed by atoms with Gasteiger partial charge < -0.3 is 10.4 Å². The van der Waals surface area contributed by atoms with E-state index in [0.29, 0.717) is 24.4 Å². The molecule has 0 saturated heterocycles. The Morgan fingerprint density at radius 3 is 2.91 bits per heavy atom. The molecule has 8 nitrogen and oxygen atoms in total. The predicted octanol–water partition coefficient (Wildman–Crippen LogP) is 1.65. The van der Waals surface area contributed by atoms with E-state index in [-0.39, 0.29) is 23.6 Å². The van der Waals surface area contributed by atoms with Crippen LogP contribution in [0.5, 0.6) is 0 Å². The molecule has 1 aromatic heterocycles. The molecular weight excluding hydrogens is 288 g/mol. The highest BCUT2D eigenvalue weighted by atomic mass is 16.6. The molecule has 0 aliphatic heterocycles. The molecule has 0 aliphatic rings. The Balaban J connectivity index is 2.25. The fourth-order valence-corrected chi connectivity index (χ4v) is 2.20. The van der Waals surface area contributed by atoms with Gasteiger partial charge in [-0.3, -0.25) is 19.9 Å². The first-order valence-electron chi connectivity index (χ1n) is 7.08. The van der Waals surface area contributed by atoms with Crippen LogP contribution in [0.2, 0.25) is 0 Å². The van der Waals surface area contributed by atoms with Crippen molar-refractivity contribution in [3.63, 3.8) is 0 Å². The minimum Gasteiger partial charge on any atom is -0.396 e. The summed E-state index contributed by atoms with van der Waals surface area (Å²) in [6.07, 6.45) is 1.57. The fraction of sp³-hybridized carbons (Fsp3) is 0.429. The number of aliphatic hydroxyl groups excluding tert-OH is 1. The fourth-order valence-electron chi connectivity index (χ4n) is 2.20. The Morgan fingerprint density at radius 1 is 1.50 bits per heavy atom. The van der Waals surface area contributed by atoms with Crippen molar-refractivity contribution in [2.75, 3.05) is 18.5 Å². The summed E-state index contributed by atoms with van der Waals surface area (Å²) >= 11 is 0. The quantitative estimate of drug-likeness (QED) is 0.528. The van der Waals surface area contributed by atoms with Gasteiger partial charge in [0.05, 0.1) is 15.8 Å². The first-order valence-corrected chi connectivity index (χ1v) is 7.08. The van der Waals surface area contributed by atoms with Crippen LogP contribution in [0.4, 0.5) is 11.6 Å². The van der Waals surface area contributed by atoms with Crippen LogP contribution >= 0.6 is 0 Å². The molecule has 1 heterocycles. The van der Waals surface area contributed by atoms with E-state index in [1.165, 1.54) is 18.2 Å². The zero-order valence-electron chi connectivity index (χ0n) is 12.2. The Bertz CT molecular complexity index is 728. The largest absolute Gasteiger partial charge is 0.396 e. The number of nitrogens with zero attached hydrogens (tertiary/aromatic N) is 2. The maximum atomic E-state index is 12.0. The maximum absolute atomic E-state index is 12.0. The summed E-state index contributed by atoms with van der Waals surface area (Å²) < 4.78 is 0. The number of nitro benzene ring substituents is 1. The molecule has 0 aliphatic carbocycles. The van der Waals surface area contributed by atoms with Crippen LogP contribution in [-0.2, 0) is 0 Å². The number of benzene rings is 1. The smallest absolute Gasteiger partial charge is 0.270 e. The number of aromatic nitrogens is 2. The van der Waals surface area contributed by atoms with Crippen molar-refractivity contribution in [1.29, 1.82) is 0 Å². The van der Waals surface area contributed by atoms with Gasteiger partial charge in [0.2, 0.25) is 5.95 Å². The second-order valence-electron chi connectivity index (χ2n) is 5.04. The van der Waals surface area contributed by atoms with Gasteiger partial charge in [-0.1, -0.05) is 13.3 Å². The lowest BCUT2D eigenvalue weighted by Crippen LogP contribution is -2.19. The number of nitrogens with one attached hydrogen (secondary N) is 2. The minimum atomic E-state index is -0.550. The van der Waals surface area contributed by atoms with Crippen LogP contribution in [0.3, 0.4) is 0 Å². The van der Waals surface area contributed by atoms with E-state index < -0.39 is 10.5 Å². The molecule has 1 atom stereocenters. The Morgan fingerprint density at radius 2 is 2.27 bits per heavy atom. The molecule has 0 saturated carbocycles. The number of H-pyrrole nitrogens is 1. The number of rotatable bonds is 7. The highest BCUT2D eigenvalue weighted by Crippen LogP contribution is 2.17. The third kappa shape index (κ3) is 3.59. The molecule has 0 fully saturated rings. The molecule has 1 aromatic carbocycles. The third-order valence-electron chi connectivity index (χ3n) is 3.57. The number of fused-ring (bicyclic) bond motifs is 1. The average Bonchev–Trinajstić information content (AvgIpc) is 2.51. The van der Waals surface area contributed by atoms with E-state index in [4.69, 9.17) is 5.11 Å². The zero-order chi connectivity index (χ0) is 16.1. The van der Waals surface area contributed by atoms with Crippen molar-refractivity contribution in [3.8, 4) is 0 Å². The van der Waals surface area contributed by atoms with Gasteiger partial charge in [-0.15, -0.1) is 0 Å². The third-order valence-corrected chi connectivity index (χ3v) is 3.57. The van der Waals surface area contributed by atoms with Gasteiger partial charge in [-0.25, -0.2) is 4.98 Å². The van der Waals surface area contributed by atoms with Gasteiger partial charge in [0.25, 0.3) is 11.2 Å². The molecule has 2 rings (SSSR count). The Hall–Kier alpha value is -2.48. The van der Waals surface area contributed by atoms with E-state index in [1.54, 1.807) is 0 Å². The Labute approximate surface area is 126 Å². The van der Waals surface area contributed by atoms with E-state index in [9.17, 15) is 14.9 Å². The number of anilines is 1. The SMILES string of the molecule is CC[C@H](CCO)CNc1nc2ccc([N+](=O)[O-])cc2c(=O)[nH]1. The highest BCUT2D eigenvalue weighted by Gasteiger charge is 2.11. The molecule has 0 radical (unpaired) electrons. The van der Waals surface area contributed by atoms with Crippen LogP contribution < -0.4 is 10.9 Å². The van der Waals surface area contributed by atoms with Crippen molar-refractivity contribution < 1.29 is 10.0 Å². The van der Waals surface area contributed by atoms with Crippen molar-refractivity contribution in [1.82, 2.24) is 9.97 Å². The molecule has 118 valence electrons. The van der Waals surface area contributed by atoms with Crippen molar-refractivity contribution in [3.05, 3.63) is 38.7 Å². The summed E-state index contributed by atoms with van der Waals surface area (Å²) in [6.45, 7) is 2.72. The molecular formula is C14H18N4O4.